The smallest absolute Gasteiger partial charge is 0.0615 e. The van der Waals surface area contributed by atoms with Crippen molar-refractivity contribution in [1.29, 1.82) is 0 Å². The molecule has 3 N–H and O–H groups in total. The molecular weight excluding hydrogens is 248 g/mol. The van der Waals surface area contributed by atoms with E-state index in [1.54, 1.807) is 0 Å². The van der Waals surface area contributed by atoms with Gasteiger partial charge >= 0.3 is 0 Å². The molecule has 3 saturated heterocycles. The van der Waals surface area contributed by atoms with Gasteiger partial charge in [-0.2, -0.15) is 0 Å². The lowest BCUT2D eigenvalue weighted by Gasteiger charge is -2.48. The summed E-state index contributed by atoms with van der Waals surface area (Å²) in [7, 11) is 0. The first-order valence-electron chi connectivity index (χ1n) is 8.66. The van der Waals surface area contributed by atoms with E-state index < -0.39 is 0 Å². The van der Waals surface area contributed by atoms with Gasteiger partial charge in [0, 0.05) is 31.2 Å². The number of hydrogen-bond acceptors (Lipinski definition) is 4. The molecule has 0 spiro atoms. The van der Waals surface area contributed by atoms with E-state index >= 15 is 0 Å². The summed E-state index contributed by atoms with van der Waals surface area (Å²) in [5, 5.41) is 2.54. The Balaban J connectivity index is 1.75. The molecule has 116 valence electrons. The number of hydrazine groups is 1. The maximum Gasteiger partial charge on any atom is 0.0615 e. The second kappa shape index (κ2) is 5.91. The summed E-state index contributed by atoms with van der Waals surface area (Å²) < 4.78 is 0. The van der Waals surface area contributed by atoms with Crippen LogP contribution in [0.25, 0.3) is 0 Å². The van der Waals surface area contributed by atoms with E-state index in [4.69, 9.17) is 5.73 Å². The number of piperidine rings is 2. The molecule has 0 aromatic carbocycles. The molecule has 0 saturated carbocycles. The monoisotopic (exact) mass is 280 g/mol. The zero-order valence-electron chi connectivity index (χ0n) is 13.3. The molecule has 3 heterocycles. The molecule has 4 nitrogen and oxygen atoms in total. The zero-order valence-corrected chi connectivity index (χ0v) is 13.3. The van der Waals surface area contributed by atoms with Crippen molar-refractivity contribution >= 4 is 0 Å². The lowest BCUT2D eigenvalue weighted by atomic mass is 9.85. The fourth-order valence-corrected chi connectivity index (χ4v) is 4.71. The summed E-state index contributed by atoms with van der Waals surface area (Å²) >= 11 is 0. The lowest BCUT2D eigenvalue weighted by molar-refractivity contribution is -0.0138. The first-order chi connectivity index (χ1) is 9.66. The molecule has 0 bridgehead atoms. The Bertz CT molecular complexity index is 324. The average Bonchev–Trinajstić information content (AvgIpc) is 2.83. The molecule has 0 aromatic rings. The average molecular weight is 280 g/mol. The fraction of sp³-hybridized carbons (Fsp3) is 1.00. The number of hydrogen-bond donors (Lipinski definition) is 2. The van der Waals surface area contributed by atoms with Gasteiger partial charge in [0.15, 0.2) is 0 Å². The second-order valence-electron chi connectivity index (χ2n) is 7.31. The van der Waals surface area contributed by atoms with Crippen LogP contribution in [0.1, 0.15) is 58.8 Å². The maximum atomic E-state index is 6.27. The minimum atomic E-state index is 0.125. The van der Waals surface area contributed by atoms with E-state index in [-0.39, 0.29) is 5.54 Å². The van der Waals surface area contributed by atoms with Crippen LogP contribution in [0, 0.1) is 0 Å². The highest BCUT2D eigenvalue weighted by Gasteiger charge is 2.48. The van der Waals surface area contributed by atoms with Crippen molar-refractivity contribution in [3.63, 3.8) is 0 Å². The Hall–Kier alpha value is -0.160. The largest absolute Gasteiger partial charge is 0.329 e. The van der Waals surface area contributed by atoms with E-state index in [2.05, 4.69) is 29.2 Å². The van der Waals surface area contributed by atoms with Crippen LogP contribution < -0.4 is 11.2 Å². The summed E-state index contributed by atoms with van der Waals surface area (Å²) in [6.07, 6.45) is 9.26. The van der Waals surface area contributed by atoms with Gasteiger partial charge in [0.05, 0.1) is 5.54 Å². The molecule has 4 heteroatoms. The first-order valence-corrected chi connectivity index (χ1v) is 8.66. The summed E-state index contributed by atoms with van der Waals surface area (Å²) in [6, 6.07) is 1.93. The molecule has 0 aliphatic carbocycles. The van der Waals surface area contributed by atoms with Gasteiger partial charge < -0.3 is 5.73 Å². The van der Waals surface area contributed by atoms with Crippen LogP contribution >= 0.6 is 0 Å². The number of nitrogens with zero attached hydrogens (tertiary/aromatic N) is 2. The number of fused-ring (bicyclic) bond motifs is 1. The lowest BCUT2D eigenvalue weighted by Crippen LogP contribution is -2.68. The number of nitrogens with two attached hydrogens (primary N) is 1. The molecule has 20 heavy (non-hydrogen) atoms. The molecule has 3 rings (SSSR count). The van der Waals surface area contributed by atoms with Gasteiger partial charge in [-0.15, -0.1) is 0 Å². The van der Waals surface area contributed by atoms with Gasteiger partial charge in [0.1, 0.15) is 0 Å². The third-order valence-electron chi connectivity index (χ3n) is 6.01. The van der Waals surface area contributed by atoms with E-state index in [0.717, 1.165) is 6.54 Å². The van der Waals surface area contributed by atoms with Crippen LogP contribution in [0.5, 0.6) is 0 Å². The van der Waals surface area contributed by atoms with Crippen molar-refractivity contribution in [2.75, 3.05) is 19.6 Å². The van der Waals surface area contributed by atoms with Gasteiger partial charge in [-0.3, -0.25) is 4.90 Å². The van der Waals surface area contributed by atoms with Crippen LogP contribution in [0.2, 0.25) is 0 Å². The highest BCUT2D eigenvalue weighted by Crippen LogP contribution is 2.36. The van der Waals surface area contributed by atoms with Crippen LogP contribution in [0.4, 0.5) is 0 Å². The van der Waals surface area contributed by atoms with Crippen molar-refractivity contribution < 1.29 is 0 Å². The Labute approximate surface area is 124 Å². The summed E-state index contributed by atoms with van der Waals surface area (Å²) in [6.45, 7) is 8.00. The van der Waals surface area contributed by atoms with Gasteiger partial charge in [-0.25, -0.2) is 10.4 Å². The molecule has 3 fully saturated rings. The first kappa shape index (κ1) is 14.8. The third kappa shape index (κ3) is 2.52. The highest BCUT2D eigenvalue weighted by molar-refractivity contribution is 5.07. The van der Waals surface area contributed by atoms with Crippen molar-refractivity contribution in [3.05, 3.63) is 0 Å². The van der Waals surface area contributed by atoms with Crippen molar-refractivity contribution in [2.24, 2.45) is 5.73 Å². The summed E-state index contributed by atoms with van der Waals surface area (Å²) in [5.74, 6) is 0. The molecular formula is C16H32N4. The van der Waals surface area contributed by atoms with Gasteiger partial charge in [0.25, 0.3) is 0 Å². The van der Waals surface area contributed by atoms with E-state index in [1.807, 2.05) is 0 Å². The van der Waals surface area contributed by atoms with Crippen molar-refractivity contribution in [3.8, 4) is 0 Å². The highest BCUT2D eigenvalue weighted by atomic mass is 15.6. The molecule has 3 aliphatic rings. The van der Waals surface area contributed by atoms with Crippen LogP contribution in [0.3, 0.4) is 0 Å². The van der Waals surface area contributed by atoms with Crippen LogP contribution in [0.15, 0.2) is 0 Å². The van der Waals surface area contributed by atoms with Gasteiger partial charge in [0.2, 0.25) is 0 Å². The van der Waals surface area contributed by atoms with E-state index in [1.165, 1.54) is 58.0 Å². The summed E-state index contributed by atoms with van der Waals surface area (Å²) in [4.78, 5) is 2.68. The number of rotatable bonds is 3. The molecule has 3 aliphatic heterocycles. The Morgan fingerprint density at radius 2 is 1.80 bits per heavy atom. The molecule has 0 amide bonds. The Kier molecular flexibility index (Phi) is 4.37. The van der Waals surface area contributed by atoms with Crippen LogP contribution in [-0.4, -0.2) is 53.2 Å². The minimum absolute atomic E-state index is 0.125. The van der Waals surface area contributed by atoms with Crippen molar-refractivity contribution in [2.45, 2.75) is 82.5 Å². The molecule has 0 aromatic heterocycles. The van der Waals surface area contributed by atoms with E-state index in [0.29, 0.717) is 18.1 Å². The Morgan fingerprint density at radius 1 is 1.05 bits per heavy atom. The molecule has 4 unspecified atom stereocenters. The molecule has 4 atom stereocenters. The SMILES string of the molecule is CC1CCCC(C)N1NC1(CN)CCN2CCCCC21. The zero-order chi connectivity index (χ0) is 14.2. The quantitative estimate of drug-likeness (QED) is 0.826. The van der Waals surface area contributed by atoms with Crippen molar-refractivity contribution in [1.82, 2.24) is 15.3 Å². The predicted octanol–water partition coefficient (Wildman–Crippen LogP) is 1.71. The third-order valence-corrected chi connectivity index (χ3v) is 6.01. The normalized spacial score (nSPS) is 43.6. The molecule has 0 radical (unpaired) electrons. The maximum absolute atomic E-state index is 6.27. The van der Waals surface area contributed by atoms with Gasteiger partial charge in [-0.05, 0) is 52.5 Å². The topological polar surface area (TPSA) is 44.5 Å². The van der Waals surface area contributed by atoms with E-state index in [9.17, 15) is 0 Å². The number of nitrogens with one attached hydrogen (secondary N) is 1. The second-order valence-corrected chi connectivity index (χ2v) is 7.31. The standard InChI is InChI=1S/C16H32N4/c1-13-6-5-7-14(2)20(13)18-16(12-17)9-11-19-10-4-3-8-15(16)19/h13-15,18H,3-12,17H2,1-2H3. The van der Waals surface area contributed by atoms with Crippen LogP contribution in [-0.2, 0) is 0 Å². The predicted molar refractivity (Wildman–Crippen MR) is 83.4 cm³/mol. The van der Waals surface area contributed by atoms with Gasteiger partial charge in [-0.1, -0.05) is 12.8 Å². The minimum Gasteiger partial charge on any atom is -0.329 e. The Morgan fingerprint density at radius 3 is 2.50 bits per heavy atom. The fourth-order valence-electron chi connectivity index (χ4n) is 4.71. The summed E-state index contributed by atoms with van der Waals surface area (Å²) in [5.41, 5.74) is 10.3.